The van der Waals surface area contributed by atoms with E-state index < -0.39 is 11.8 Å². The predicted octanol–water partition coefficient (Wildman–Crippen LogP) is 1.58. The summed E-state index contributed by atoms with van der Waals surface area (Å²) in [6, 6.07) is 14.1. The number of hydrogen-bond acceptors (Lipinski definition) is 5. The van der Waals surface area contributed by atoms with Crippen molar-refractivity contribution < 1.29 is 19.1 Å². The van der Waals surface area contributed by atoms with Crippen molar-refractivity contribution in [1.29, 1.82) is 0 Å². The van der Waals surface area contributed by atoms with E-state index in [9.17, 15) is 9.59 Å². The lowest BCUT2D eigenvalue weighted by Gasteiger charge is -2.09. The Balaban J connectivity index is 1.85. The van der Waals surface area contributed by atoms with E-state index >= 15 is 0 Å². The fraction of sp³-hybridized carbons (Fsp3) is 0.167. The summed E-state index contributed by atoms with van der Waals surface area (Å²) < 4.78 is 10.3. The summed E-state index contributed by atoms with van der Waals surface area (Å²) in [5.41, 5.74) is 3.57. The SMILES string of the molecule is COc1ccc(C(=O)NCC(=O)N/N=C\c2ccccc2)cc1OC. The van der Waals surface area contributed by atoms with E-state index in [1.807, 2.05) is 30.3 Å². The number of ether oxygens (including phenoxy) is 2. The van der Waals surface area contributed by atoms with E-state index in [1.165, 1.54) is 20.4 Å². The number of nitrogens with one attached hydrogen (secondary N) is 2. The molecule has 0 aromatic heterocycles. The number of rotatable bonds is 7. The molecule has 0 bridgehead atoms. The zero-order valence-electron chi connectivity index (χ0n) is 14.0. The molecule has 7 nitrogen and oxygen atoms in total. The first-order chi connectivity index (χ1) is 12.1. The molecular weight excluding hydrogens is 322 g/mol. The van der Waals surface area contributed by atoms with Crippen LogP contribution in [0.15, 0.2) is 53.6 Å². The maximum atomic E-state index is 12.1. The van der Waals surface area contributed by atoms with Crippen molar-refractivity contribution in [3.05, 3.63) is 59.7 Å². The van der Waals surface area contributed by atoms with Crippen molar-refractivity contribution >= 4 is 18.0 Å². The minimum atomic E-state index is -0.430. The molecule has 130 valence electrons. The predicted molar refractivity (Wildman–Crippen MR) is 94.1 cm³/mol. The highest BCUT2D eigenvalue weighted by molar-refractivity contribution is 5.97. The summed E-state index contributed by atoms with van der Waals surface area (Å²) in [5, 5.41) is 6.34. The number of nitrogens with zero attached hydrogens (tertiary/aromatic N) is 1. The van der Waals surface area contributed by atoms with Gasteiger partial charge in [-0.05, 0) is 23.8 Å². The van der Waals surface area contributed by atoms with Gasteiger partial charge in [0.1, 0.15) is 0 Å². The Hall–Kier alpha value is -3.35. The topological polar surface area (TPSA) is 89.0 Å². The molecule has 0 aliphatic heterocycles. The number of hydrazone groups is 1. The Morgan fingerprint density at radius 3 is 2.44 bits per heavy atom. The molecule has 0 saturated carbocycles. The van der Waals surface area contributed by atoms with E-state index in [0.717, 1.165) is 5.56 Å². The molecular formula is C18H19N3O4. The molecule has 7 heteroatoms. The Morgan fingerprint density at radius 1 is 1.04 bits per heavy atom. The third-order valence-electron chi connectivity index (χ3n) is 3.26. The molecule has 2 amide bonds. The van der Waals surface area contributed by atoms with Gasteiger partial charge in [-0.25, -0.2) is 5.43 Å². The zero-order chi connectivity index (χ0) is 18.1. The molecule has 0 heterocycles. The summed E-state index contributed by atoms with van der Waals surface area (Å²) in [4.78, 5) is 23.8. The fourth-order valence-electron chi connectivity index (χ4n) is 2.00. The van der Waals surface area contributed by atoms with Crippen LogP contribution in [0, 0.1) is 0 Å². The zero-order valence-corrected chi connectivity index (χ0v) is 14.0. The van der Waals surface area contributed by atoms with Gasteiger partial charge in [0.25, 0.3) is 11.8 Å². The van der Waals surface area contributed by atoms with Crippen LogP contribution >= 0.6 is 0 Å². The van der Waals surface area contributed by atoms with Gasteiger partial charge in [-0.2, -0.15) is 5.10 Å². The average molecular weight is 341 g/mol. The molecule has 2 N–H and O–H groups in total. The summed E-state index contributed by atoms with van der Waals surface area (Å²) in [7, 11) is 3.00. The van der Waals surface area contributed by atoms with Crippen LogP contribution in [0.2, 0.25) is 0 Å². The molecule has 0 aliphatic carbocycles. The highest BCUT2D eigenvalue weighted by Crippen LogP contribution is 2.27. The second-order valence-corrected chi connectivity index (χ2v) is 4.96. The van der Waals surface area contributed by atoms with E-state index in [0.29, 0.717) is 17.1 Å². The number of benzene rings is 2. The van der Waals surface area contributed by atoms with Crippen molar-refractivity contribution in [3.8, 4) is 11.5 Å². The minimum Gasteiger partial charge on any atom is -0.493 e. The third kappa shape index (κ3) is 5.35. The van der Waals surface area contributed by atoms with E-state index in [2.05, 4.69) is 15.8 Å². The molecule has 0 radical (unpaired) electrons. The molecule has 0 saturated heterocycles. The summed E-state index contributed by atoms with van der Waals surface area (Å²) in [5.74, 6) is 0.128. The Bertz CT molecular complexity index is 760. The van der Waals surface area contributed by atoms with Crippen molar-refractivity contribution in [3.63, 3.8) is 0 Å². The van der Waals surface area contributed by atoms with Crippen LogP contribution in [-0.4, -0.2) is 38.8 Å². The second kappa shape index (κ2) is 9.07. The molecule has 0 atom stereocenters. The fourth-order valence-corrected chi connectivity index (χ4v) is 2.00. The van der Waals surface area contributed by atoms with Gasteiger partial charge in [0.05, 0.1) is 27.0 Å². The number of amides is 2. The molecule has 25 heavy (non-hydrogen) atoms. The van der Waals surface area contributed by atoms with Crippen LogP contribution in [0.5, 0.6) is 11.5 Å². The minimum absolute atomic E-state index is 0.195. The largest absolute Gasteiger partial charge is 0.493 e. The first-order valence-electron chi connectivity index (χ1n) is 7.51. The highest BCUT2D eigenvalue weighted by Gasteiger charge is 2.11. The van der Waals surface area contributed by atoms with Crippen molar-refractivity contribution in [2.75, 3.05) is 20.8 Å². The smallest absolute Gasteiger partial charge is 0.259 e. The van der Waals surface area contributed by atoms with Gasteiger partial charge in [-0.1, -0.05) is 30.3 Å². The first kappa shape index (κ1) is 18.0. The van der Waals surface area contributed by atoms with Crippen LogP contribution in [0.4, 0.5) is 0 Å². The van der Waals surface area contributed by atoms with Crippen LogP contribution in [-0.2, 0) is 4.79 Å². The lowest BCUT2D eigenvalue weighted by molar-refractivity contribution is -0.120. The molecule has 0 fully saturated rings. The van der Waals surface area contributed by atoms with Gasteiger partial charge >= 0.3 is 0 Å². The molecule has 2 rings (SSSR count). The average Bonchev–Trinajstić information content (AvgIpc) is 2.66. The monoisotopic (exact) mass is 341 g/mol. The normalized spacial score (nSPS) is 10.3. The highest BCUT2D eigenvalue weighted by atomic mass is 16.5. The van der Waals surface area contributed by atoms with E-state index in [1.54, 1.807) is 18.2 Å². The van der Waals surface area contributed by atoms with Crippen molar-refractivity contribution in [1.82, 2.24) is 10.7 Å². The number of methoxy groups -OCH3 is 2. The molecule has 2 aromatic rings. The Labute approximate surface area is 145 Å². The molecule has 2 aromatic carbocycles. The number of hydrogen-bond donors (Lipinski definition) is 2. The standard InChI is InChI=1S/C18H19N3O4/c1-24-15-9-8-14(10-16(15)25-2)18(23)19-12-17(22)21-20-11-13-6-4-3-5-7-13/h3-11H,12H2,1-2H3,(H,19,23)(H,21,22)/b20-11-. The van der Waals surface area contributed by atoms with Gasteiger partial charge in [0.15, 0.2) is 11.5 Å². The maximum Gasteiger partial charge on any atom is 0.259 e. The van der Waals surface area contributed by atoms with Gasteiger partial charge < -0.3 is 14.8 Å². The lowest BCUT2D eigenvalue weighted by atomic mass is 10.2. The first-order valence-corrected chi connectivity index (χ1v) is 7.51. The Morgan fingerprint density at radius 2 is 1.76 bits per heavy atom. The quantitative estimate of drug-likeness (QED) is 0.591. The van der Waals surface area contributed by atoms with Gasteiger partial charge in [-0.15, -0.1) is 0 Å². The van der Waals surface area contributed by atoms with E-state index in [-0.39, 0.29) is 6.54 Å². The van der Waals surface area contributed by atoms with Crippen LogP contribution in [0.25, 0.3) is 0 Å². The van der Waals surface area contributed by atoms with Crippen LogP contribution in [0.3, 0.4) is 0 Å². The van der Waals surface area contributed by atoms with Crippen LogP contribution < -0.4 is 20.2 Å². The van der Waals surface area contributed by atoms with Gasteiger partial charge in [0.2, 0.25) is 0 Å². The molecule has 0 unspecified atom stereocenters. The summed E-state index contributed by atoms with van der Waals surface area (Å²) in [6.07, 6.45) is 1.52. The van der Waals surface area contributed by atoms with Gasteiger partial charge in [-0.3, -0.25) is 9.59 Å². The second-order valence-electron chi connectivity index (χ2n) is 4.96. The summed E-state index contributed by atoms with van der Waals surface area (Å²) in [6.45, 7) is -0.195. The van der Waals surface area contributed by atoms with E-state index in [4.69, 9.17) is 9.47 Å². The third-order valence-corrected chi connectivity index (χ3v) is 3.26. The van der Waals surface area contributed by atoms with Crippen molar-refractivity contribution in [2.45, 2.75) is 0 Å². The lowest BCUT2D eigenvalue weighted by Crippen LogP contribution is -2.34. The molecule has 0 spiro atoms. The summed E-state index contributed by atoms with van der Waals surface area (Å²) >= 11 is 0. The molecule has 0 aliphatic rings. The van der Waals surface area contributed by atoms with Gasteiger partial charge in [0, 0.05) is 5.56 Å². The van der Waals surface area contributed by atoms with Crippen LogP contribution in [0.1, 0.15) is 15.9 Å². The van der Waals surface area contributed by atoms with Crippen molar-refractivity contribution in [2.24, 2.45) is 5.10 Å². The number of carbonyl (C=O) groups excluding carboxylic acids is 2. The maximum absolute atomic E-state index is 12.1. The number of carbonyl (C=O) groups is 2. The Kier molecular flexibility index (Phi) is 6.53.